The summed E-state index contributed by atoms with van der Waals surface area (Å²) in [5.41, 5.74) is 7.93. The van der Waals surface area contributed by atoms with Gasteiger partial charge in [-0.1, -0.05) is 18.2 Å². The molecule has 1 aromatic carbocycles. The van der Waals surface area contributed by atoms with E-state index in [1.807, 2.05) is 24.3 Å². The van der Waals surface area contributed by atoms with Gasteiger partial charge in [0, 0.05) is 17.9 Å². The molecule has 1 fully saturated rings. The van der Waals surface area contributed by atoms with Crippen LogP contribution in [0.2, 0.25) is 0 Å². The van der Waals surface area contributed by atoms with Gasteiger partial charge in [-0.3, -0.25) is 4.57 Å². The molecule has 17 heavy (non-hydrogen) atoms. The van der Waals surface area contributed by atoms with Gasteiger partial charge in [0.15, 0.2) is 0 Å². The van der Waals surface area contributed by atoms with E-state index in [-0.39, 0.29) is 11.2 Å². The number of hydrogen-bond acceptors (Lipinski definition) is 2. The van der Waals surface area contributed by atoms with E-state index in [0.29, 0.717) is 0 Å². The lowest BCUT2D eigenvalue weighted by Crippen LogP contribution is -2.44. The number of benzene rings is 1. The van der Waals surface area contributed by atoms with E-state index in [2.05, 4.69) is 4.98 Å². The highest BCUT2D eigenvalue weighted by Crippen LogP contribution is 2.40. The molecule has 4 heteroatoms. The second kappa shape index (κ2) is 3.60. The number of hydrogen-bond donors (Lipinski definition) is 2. The van der Waals surface area contributed by atoms with Crippen molar-refractivity contribution in [3.63, 3.8) is 0 Å². The topological polar surface area (TPSA) is 63.8 Å². The molecule has 4 nitrogen and oxygen atoms in total. The van der Waals surface area contributed by atoms with Crippen LogP contribution in [-0.4, -0.2) is 9.55 Å². The maximum absolute atomic E-state index is 11.7. The average molecular weight is 229 g/mol. The van der Waals surface area contributed by atoms with E-state index in [4.69, 9.17) is 5.73 Å². The third-order valence-electron chi connectivity index (χ3n) is 3.59. The number of aromatic nitrogens is 2. The number of imidazole rings is 1. The van der Waals surface area contributed by atoms with Gasteiger partial charge in [-0.15, -0.1) is 0 Å². The lowest BCUT2D eigenvalue weighted by Gasteiger charge is -2.39. The summed E-state index contributed by atoms with van der Waals surface area (Å²) in [5, 5.41) is 0. The normalized spacial score (nSPS) is 17.7. The maximum Gasteiger partial charge on any atom is 0.330 e. The van der Waals surface area contributed by atoms with Crippen LogP contribution in [0.15, 0.2) is 41.5 Å². The summed E-state index contributed by atoms with van der Waals surface area (Å²) in [6.45, 7) is 0. The predicted octanol–water partition coefficient (Wildman–Crippen LogP) is 1.50. The number of rotatable bonds is 2. The molecule has 0 spiro atoms. The summed E-state index contributed by atoms with van der Waals surface area (Å²) in [6.07, 6.45) is 6.52. The van der Waals surface area contributed by atoms with Gasteiger partial charge in [0.25, 0.3) is 0 Å². The largest absolute Gasteiger partial charge is 0.330 e. The van der Waals surface area contributed by atoms with Crippen LogP contribution in [-0.2, 0) is 5.54 Å². The molecule has 0 amide bonds. The third kappa shape index (κ3) is 1.52. The van der Waals surface area contributed by atoms with Crippen LogP contribution in [0, 0.1) is 0 Å². The summed E-state index contributed by atoms with van der Waals surface area (Å²) in [4.78, 5) is 14.3. The Morgan fingerprint density at radius 3 is 2.65 bits per heavy atom. The van der Waals surface area contributed by atoms with Crippen LogP contribution in [0.4, 0.5) is 0 Å². The summed E-state index contributed by atoms with van der Waals surface area (Å²) >= 11 is 0. The molecule has 1 aliphatic carbocycles. The van der Waals surface area contributed by atoms with Crippen LogP contribution in [0.5, 0.6) is 0 Å². The number of nitrogens with zero attached hydrogens (tertiary/aromatic N) is 1. The SMILES string of the molecule is NC1(c2ccccc2-n2cc[nH]c2=O)CCC1. The predicted molar refractivity (Wildman–Crippen MR) is 66.1 cm³/mol. The van der Waals surface area contributed by atoms with Crippen molar-refractivity contribution in [3.05, 3.63) is 52.7 Å². The van der Waals surface area contributed by atoms with E-state index in [1.54, 1.807) is 17.0 Å². The van der Waals surface area contributed by atoms with Crippen LogP contribution in [0.1, 0.15) is 24.8 Å². The molecule has 0 atom stereocenters. The van der Waals surface area contributed by atoms with Crippen LogP contribution in [0.25, 0.3) is 5.69 Å². The van der Waals surface area contributed by atoms with Crippen molar-refractivity contribution in [2.24, 2.45) is 5.73 Å². The second-order valence-corrected chi connectivity index (χ2v) is 4.66. The van der Waals surface area contributed by atoms with Gasteiger partial charge in [0.1, 0.15) is 0 Å². The number of H-pyrrole nitrogens is 1. The first-order chi connectivity index (χ1) is 8.21. The first-order valence-corrected chi connectivity index (χ1v) is 5.85. The first-order valence-electron chi connectivity index (χ1n) is 5.85. The van der Waals surface area contributed by atoms with Crippen molar-refractivity contribution in [3.8, 4) is 5.69 Å². The summed E-state index contributed by atoms with van der Waals surface area (Å²) in [6, 6.07) is 7.87. The van der Waals surface area contributed by atoms with E-state index >= 15 is 0 Å². The van der Waals surface area contributed by atoms with Crippen LogP contribution >= 0.6 is 0 Å². The summed E-state index contributed by atoms with van der Waals surface area (Å²) < 4.78 is 1.61. The van der Waals surface area contributed by atoms with Crippen molar-refractivity contribution < 1.29 is 0 Å². The molecule has 1 heterocycles. The Balaban J connectivity index is 2.18. The monoisotopic (exact) mass is 229 g/mol. The summed E-state index contributed by atoms with van der Waals surface area (Å²) in [7, 11) is 0. The van der Waals surface area contributed by atoms with Gasteiger partial charge in [-0.25, -0.2) is 4.79 Å². The minimum Gasteiger partial charge on any atom is -0.321 e. The quantitative estimate of drug-likeness (QED) is 0.819. The van der Waals surface area contributed by atoms with Gasteiger partial charge < -0.3 is 10.7 Å². The Labute approximate surface area is 99.1 Å². The number of para-hydroxylation sites is 1. The first kappa shape index (κ1) is 10.4. The van der Waals surface area contributed by atoms with Crippen molar-refractivity contribution in [1.29, 1.82) is 0 Å². The van der Waals surface area contributed by atoms with Gasteiger partial charge in [0.2, 0.25) is 0 Å². The number of aromatic amines is 1. The van der Waals surface area contributed by atoms with E-state index in [9.17, 15) is 4.79 Å². The Kier molecular flexibility index (Phi) is 2.19. The third-order valence-corrected chi connectivity index (χ3v) is 3.59. The fraction of sp³-hybridized carbons (Fsp3) is 0.308. The second-order valence-electron chi connectivity index (χ2n) is 4.66. The van der Waals surface area contributed by atoms with Gasteiger partial charge >= 0.3 is 5.69 Å². The highest BCUT2D eigenvalue weighted by atomic mass is 16.1. The fourth-order valence-electron chi connectivity index (χ4n) is 2.44. The Bertz CT molecular complexity index is 592. The molecule has 2 aromatic rings. The average Bonchev–Trinajstić information content (AvgIpc) is 2.72. The molecule has 0 saturated heterocycles. The molecule has 3 rings (SSSR count). The Hall–Kier alpha value is -1.81. The molecule has 0 radical (unpaired) electrons. The molecule has 0 bridgehead atoms. The molecule has 3 N–H and O–H groups in total. The molecule has 0 aliphatic heterocycles. The highest BCUT2D eigenvalue weighted by molar-refractivity contribution is 5.46. The molecule has 1 aliphatic rings. The van der Waals surface area contributed by atoms with Crippen LogP contribution in [0.3, 0.4) is 0 Å². The zero-order valence-corrected chi connectivity index (χ0v) is 9.52. The van der Waals surface area contributed by atoms with E-state index < -0.39 is 0 Å². The van der Waals surface area contributed by atoms with Gasteiger partial charge in [-0.2, -0.15) is 0 Å². The zero-order chi connectivity index (χ0) is 11.9. The molecular weight excluding hydrogens is 214 g/mol. The standard InChI is InChI=1S/C13H15N3O/c14-13(6-3-7-13)10-4-1-2-5-11(10)16-9-8-15-12(16)17/h1-2,4-5,8-9H,3,6-7,14H2,(H,15,17). The maximum atomic E-state index is 11.7. The van der Waals surface area contributed by atoms with E-state index in [1.165, 1.54) is 0 Å². The minimum absolute atomic E-state index is 0.125. The fourth-order valence-corrected chi connectivity index (χ4v) is 2.44. The van der Waals surface area contributed by atoms with E-state index in [0.717, 1.165) is 30.5 Å². The van der Waals surface area contributed by atoms with Gasteiger partial charge in [0.05, 0.1) is 5.69 Å². The smallest absolute Gasteiger partial charge is 0.321 e. The Morgan fingerprint density at radius 2 is 2.06 bits per heavy atom. The highest BCUT2D eigenvalue weighted by Gasteiger charge is 2.36. The number of nitrogens with one attached hydrogen (secondary N) is 1. The molecule has 1 aromatic heterocycles. The van der Waals surface area contributed by atoms with Gasteiger partial charge in [-0.05, 0) is 30.9 Å². The number of nitrogens with two attached hydrogens (primary N) is 1. The van der Waals surface area contributed by atoms with Crippen molar-refractivity contribution in [2.45, 2.75) is 24.8 Å². The molecule has 88 valence electrons. The molecule has 0 unspecified atom stereocenters. The van der Waals surface area contributed by atoms with Crippen molar-refractivity contribution in [2.75, 3.05) is 0 Å². The van der Waals surface area contributed by atoms with Crippen molar-refractivity contribution in [1.82, 2.24) is 9.55 Å². The zero-order valence-electron chi connectivity index (χ0n) is 9.52. The Morgan fingerprint density at radius 1 is 1.29 bits per heavy atom. The summed E-state index contributed by atoms with van der Waals surface area (Å²) in [5.74, 6) is 0. The lowest BCUT2D eigenvalue weighted by molar-refractivity contribution is 0.253. The molecule has 1 saturated carbocycles. The van der Waals surface area contributed by atoms with Crippen LogP contribution < -0.4 is 11.4 Å². The van der Waals surface area contributed by atoms with Crippen molar-refractivity contribution >= 4 is 0 Å². The molecular formula is C13H15N3O. The minimum atomic E-state index is -0.257. The lowest BCUT2D eigenvalue weighted by atomic mass is 9.72.